The average molecular weight is 626 g/mol. The number of ether oxygens (including phenoxy) is 2. The second-order valence-electron chi connectivity index (χ2n) is 11.1. The lowest BCUT2D eigenvalue weighted by Crippen LogP contribution is -2.48. The summed E-state index contributed by atoms with van der Waals surface area (Å²) in [7, 11) is -0.994. The van der Waals surface area contributed by atoms with Gasteiger partial charge in [-0.3, -0.25) is 19.4 Å². The van der Waals surface area contributed by atoms with E-state index in [9.17, 15) is 18.0 Å². The summed E-state index contributed by atoms with van der Waals surface area (Å²) < 4.78 is 40.7. The summed E-state index contributed by atoms with van der Waals surface area (Å²) in [5.74, 6) is -0.138. The molecule has 0 bridgehead atoms. The molecule has 2 amide bonds. The van der Waals surface area contributed by atoms with Crippen LogP contribution in [0.3, 0.4) is 0 Å². The van der Waals surface area contributed by atoms with Crippen molar-refractivity contribution in [3.05, 3.63) is 107 Å². The third-order valence-corrected chi connectivity index (χ3v) is 10.4. The largest absolute Gasteiger partial charge is 0.493 e. The maximum atomic E-state index is 14.1. The number of carbonyl (C=O) groups excluding carboxylic acids is 2. The monoisotopic (exact) mass is 625 g/mol. The van der Waals surface area contributed by atoms with E-state index >= 15 is 0 Å². The van der Waals surface area contributed by atoms with Crippen molar-refractivity contribution in [3.8, 4) is 11.5 Å². The standard InChI is InChI=1S/C35H35N3O6S/c1-43-30-23-27(16-18-38-34(39)28-14-6-12-26-13-7-15-29(33(26)28)35(38)40)32(24-31(30)44-2)45(41,42)37-21-19-36(20-22-37)17-8-11-25-9-4-3-5-10-25/h3-15,23-24H,16-22H2,1-2H3/b11-8+. The van der Waals surface area contributed by atoms with Crippen LogP contribution in [-0.4, -0.2) is 87.8 Å². The number of benzene rings is 4. The number of imide groups is 1. The Bertz CT molecular complexity index is 1830. The van der Waals surface area contributed by atoms with Gasteiger partial charge in [-0.25, -0.2) is 8.42 Å². The van der Waals surface area contributed by atoms with Crippen molar-refractivity contribution in [2.45, 2.75) is 11.3 Å². The first-order valence-corrected chi connectivity index (χ1v) is 16.3. The summed E-state index contributed by atoms with van der Waals surface area (Å²) in [6.45, 7) is 2.56. The van der Waals surface area contributed by atoms with Crippen LogP contribution in [0, 0.1) is 0 Å². The average Bonchev–Trinajstić information content (AvgIpc) is 3.07. The van der Waals surface area contributed by atoms with Gasteiger partial charge in [-0.1, -0.05) is 66.7 Å². The SMILES string of the molecule is COc1cc(CCN2C(=O)c3cccc4cccc(c34)C2=O)c(S(=O)(=O)N2CCN(C/C=C/c3ccccc3)CC2)cc1OC. The maximum absolute atomic E-state index is 14.1. The van der Waals surface area contributed by atoms with Crippen LogP contribution in [0.5, 0.6) is 11.5 Å². The maximum Gasteiger partial charge on any atom is 0.261 e. The van der Waals surface area contributed by atoms with E-state index in [2.05, 4.69) is 17.1 Å². The van der Waals surface area contributed by atoms with Gasteiger partial charge in [0.1, 0.15) is 0 Å². The Balaban J connectivity index is 1.22. The molecule has 1 saturated heterocycles. The molecule has 1 fully saturated rings. The highest BCUT2D eigenvalue weighted by molar-refractivity contribution is 7.89. The highest BCUT2D eigenvalue weighted by Gasteiger charge is 2.35. The fourth-order valence-corrected chi connectivity index (χ4v) is 7.72. The molecule has 0 atom stereocenters. The second-order valence-corrected chi connectivity index (χ2v) is 13.0. The second kappa shape index (κ2) is 12.8. The van der Waals surface area contributed by atoms with Crippen molar-refractivity contribution < 1.29 is 27.5 Å². The molecular weight excluding hydrogens is 590 g/mol. The molecule has 2 aliphatic heterocycles. The number of hydrogen-bond donors (Lipinski definition) is 0. The smallest absolute Gasteiger partial charge is 0.261 e. The van der Waals surface area contributed by atoms with Crippen LogP contribution in [-0.2, 0) is 16.4 Å². The van der Waals surface area contributed by atoms with Crippen molar-refractivity contribution in [1.29, 1.82) is 0 Å². The highest BCUT2D eigenvalue weighted by Crippen LogP contribution is 2.36. The predicted molar refractivity (Wildman–Crippen MR) is 173 cm³/mol. The first-order valence-electron chi connectivity index (χ1n) is 14.9. The van der Waals surface area contributed by atoms with Crippen LogP contribution < -0.4 is 9.47 Å². The van der Waals surface area contributed by atoms with Gasteiger partial charge in [-0.15, -0.1) is 0 Å². The molecule has 10 heteroatoms. The van der Waals surface area contributed by atoms with Crippen LogP contribution in [0.2, 0.25) is 0 Å². The predicted octanol–water partition coefficient (Wildman–Crippen LogP) is 4.72. The molecule has 0 radical (unpaired) electrons. The van der Waals surface area contributed by atoms with Crippen LogP contribution in [0.15, 0.2) is 89.8 Å². The molecule has 0 aromatic heterocycles. The summed E-state index contributed by atoms with van der Waals surface area (Å²) in [6, 6.07) is 23.9. The lowest BCUT2D eigenvalue weighted by molar-refractivity contribution is 0.0612. The van der Waals surface area contributed by atoms with Gasteiger partial charge in [-0.2, -0.15) is 4.31 Å². The molecule has 6 rings (SSSR count). The van der Waals surface area contributed by atoms with Crippen LogP contribution >= 0.6 is 0 Å². The van der Waals surface area contributed by atoms with E-state index in [1.54, 1.807) is 30.3 Å². The van der Waals surface area contributed by atoms with Gasteiger partial charge in [0.25, 0.3) is 11.8 Å². The quantitative estimate of drug-likeness (QED) is 0.236. The van der Waals surface area contributed by atoms with E-state index in [4.69, 9.17) is 9.47 Å². The molecule has 9 nitrogen and oxygen atoms in total. The number of sulfonamides is 1. The third kappa shape index (κ3) is 5.96. The molecule has 2 aliphatic rings. The van der Waals surface area contributed by atoms with Gasteiger partial charge in [0.2, 0.25) is 10.0 Å². The molecule has 232 valence electrons. The fraction of sp³-hybridized carbons (Fsp3) is 0.257. The first-order chi connectivity index (χ1) is 21.8. The van der Waals surface area contributed by atoms with Crippen molar-refractivity contribution in [2.24, 2.45) is 0 Å². The van der Waals surface area contributed by atoms with E-state index in [1.165, 1.54) is 29.5 Å². The van der Waals surface area contributed by atoms with Crippen LogP contribution in [0.1, 0.15) is 31.8 Å². The van der Waals surface area contributed by atoms with Crippen molar-refractivity contribution in [2.75, 3.05) is 53.5 Å². The Kier molecular flexibility index (Phi) is 8.71. The molecular formula is C35H35N3O6S. The number of amides is 2. The van der Waals surface area contributed by atoms with E-state index < -0.39 is 21.8 Å². The number of methoxy groups -OCH3 is 2. The zero-order valence-electron chi connectivity index (χ0n) is 25.3. The summed E-state index contributed by atoms with van der Waals surface area (Å²) in [5, 5.41) is 1.47. The number of rotatable bonds is 10. The molecule has 2 heterocycles. The molecule has 4 aromatic carbocycles. The van der Waals surface area contributed by atoms with Gasteiger partial charge < -0.3 is 9.47 Å². The summed E-state index contributed by atoms with van der Waals surface area (Å²) >= 11 is 0. The number of carbonyl (C=O) groups is 2. The molecule has 0 unspecified atom stereocenters. The van der Waals surface area contributed by atoms with Crippen LogP contribution in [0.4, 0.5) is 0 Å². The Labute approximate surface area is 263 Å². The van der Waals surface area contributed by atoms with Gasteiger partial charge in [0, 0.05) is 61.8 Å². The first kappa shape index (κ1) is 30.5. The zero-order valence-corrected chi connectivity index (χ0v) is 26.1. The molecule has 0 N–H and O–H groups in total. The minimum Gasteiger partial charge on any atom is -0.493 e. The normalized spacial score (nSPS) is 16.1. The van der Waals surface area contributed by atoms with Crippen molar-refractivity contribution >= 4 is 38.7 Å². The Morgan fingerprint density at radius 3 is 2.02 bits per heavy atom. The summed E-state index contributed by atoms with van der Waals surface area (Å²) in [5.41, 5.74) is 2.48. The fourth-order valence-electron chi connectivity index (χ4n) is 6.05. The van der Waals surface area contributed by atoms with Crippen molar-refractivity contribution in [1.82, 2.24) is 14.1 Å². The number of nitrogens with zero attached hydrogens (tertiary/aromatic N) is 3. The highest BCUT2D eigenvalue weighted by atomic mass is 32.2. The third-order valence-electron chi connectivity index (χ3n) is 8.45. The Morgan fingerprint density at radius 1 is 0.778 bits per heavy atom. The molecule has 0 saturated carbocycles. The van der Waals surface area contributed by atoms with Gasteiger partial charge in [0.05, 0.1) is 19.1 Å². The van der Waals surface area contributed by atoms with Gasteiger partial charge >= 0.3 is 0 Å². The number of piperazine rings is 1. The van der Waals surface area contributed by atoms with E-state index in [0.717, 1.165) is 17.5 Å². The molecule has 0 spiro atoms. The van der Waals surface area contributed by atoms with E-state index in [1.807, 2.05) is 42.5 Å². The summed E-state index contributed by atoms with van der Waals surface area (Å²) in [6.07, 6.45) is 4.28. The van der Waals surface area contributed by atoms with Gasteiger partial charge in [-0.05, 0) is 41.1 Å². The van der Waals surface area contributed by atoms with Gasteiger partial charge in [0.15, 0.2) is 11.5 Å². The molecule has 4 aromatic rings. The lowest BCUT2D eigenvalue weighted by atomic mass is 9.94. The van der Waals surface area contributed by atoms with E-state index in [-0.39, 0.29) is 23.6 Å². The number of hydrogen-bond acceptors (Lipinski definition) is 7. The minimum atomic E-state index is -3.93. The van der Waals surface area contributed by atoms with E-state index in [0.29, 0.717) is 54.0 Å². The molecule has 45 heavy (non-hydrogen) atoms. The van der Waals surface area contributed by atoms with Crippen LogP contribution in [0.25, 0.3) is 16.8 Å². The topological polar surface area (TPSA) is 96.5 Å². The summed E-state index contributed by atoms with van der Waals surface area (Å²) in [4.78, 5) is 30.5. The zero-order chi connectivity index (χ0) is 31.6. The Hall–Kier alpha value is -4.51. The van der Waals surface area contributed by atoms with Crippen molar-refractivity contribution in [3.63, 3.8) is 0 Å². The lowest BCUT2D eigenvalue weighted by Gasteiger charge is -2.34. The Morgan fingerprint density at radius 2 is 1.40 bits per heavy atom. The molecule has 0 aliphatic carbocycles. The minimum absolute atomic E-state index is 0.00190.